The van der Waals surface area contributed by atoms with E-state index in [1.165, 1.54) is 5.69 Å². The maximum absolute atomic E-state index is 3.95. The standard InChI is InChI=1S/C5H7IN2/c1-8-4-7-3-5(8)2-6/h3-4H,2H2,1H3. The Labute approximate surface area is 62.1 Å². The molecule has 0 aliphatic carbocycles. The molecule has 8 heavy (non-hydrogen) atoms. The first-order valence-electron chi connectivity index (χ1n) is 2.35. The number of imidazole rings is 1. The second kappa shape index (κ2) is 2.48. The van der Waals surface area contributed by atoms with Crippen LogP contribution in [0.25, 0.3) is 0 Å². The summed E-state index contributed by atoms with van der Waals surface area (Å²) in [6.07, 6.45) is 3.69. The van der Waals surface area contributed by atoms with Crippen LogP contribution in [0.1, 0.15) is 5.69 Å². The van der Waals surface area contributed by atoms with Gasteiger partial charge in [-0.3, -0.25) is 0 Å². The van der Waals surface area contributed by atoms with Gasteiger partial charge in [0.05, 0.1) is 6.33 Å². The molecule has 0 aliphatic heterocycles. The number of aryl methyl sites for hydroxylation is 1. The summed E-state index contributed by atoms with van der Waals surface area (Å²) in [5.41, 5.74) is 1.27. The topological polar surface area (TPSA) is 17.8 Å². The lowest BCUT2D eigenvalue weighted by molar-refractivity contribution is 0.871. The van der Waals surface area contributed by atoms with Crippen molar-refractivity contribution >= 4 is 22.6 Å². The van der Waals surface area contributed by atoms with Crippen LogP contribution in [0.5, 0.6) is 0 Å². The molecule has 0 aromatic carbocycles. The van der Waals surface area contributed by atoms with Gasteiger partial charge in [0.25, 0.3) is 0 Å². The lowest BCUT2D eigenvalue weighted by Gasteiger charge is -1.92. The number of hydrogen-bond acceptors (Lipinski definition) is 1. The highest BCUT2D eigenvalue weighted by Crippen LogP contribution is 2.01. The minimum absolute atomic E-state index is 1.04. The Bertz CT molecular complexity index is 171. The van der Waals surface area contributed by atoms with Gasteiger partial charge in [-0.2, -0.15) is 0 Å². The quantitative estimate of drug-likeness (QED) is 0.518. The number of alkyl halides is 1. The number of nitrogens with zero attached hydrogens (tertiary/aromatic N) is 2. The Morgan fingerprint density at radius 1 is 1.88 bits per heavy atom. The van der Waals surface area contributed by atoms with E-state index in [2.05, 4.69) is 27.6 Å². The van der Waals surface area contributed by atoms with Crippen molar-refractivity contribution in [3.05, 3.63) is 18.2 Å². The maximum Gasteiger partial charge on any atom is 0.0945 e. The fourth-order valence-electron chi connectivity index (χ4n) is 0.513. The molecular formula is C5H7IN2. The van der Waals surface area contributed by atoms with Crippen molar-refractivity contribution < 1.29 is 0 Å². The molecule has 1 aromatic rings. The summed E-state index contributed by atoms with van der Waals surface area (Å²) in [6.45, 7) is 0. The zero-order chi connectivity index (χ0) is 5.98. The predicted molar refractivity (Wildman–Crippen MR) is 40.9 cm³/mol. The zero-order valence-corrected chi connectivity index (χ0v) is 6.79. The molecule has 0 amide bonds. The van der Waals surface area contributed by atoms with Crippen molar-refractivity contribution in [3.63, 3.8) is 0 Å². The van der Waals surface area contributed by atoms with E-state index < -0.39 is 0 Å². The largest absolute Gasteiger partial charge is 0.337 e. The van der Waals surface area contributed by atoms with E-state index in [1.54, 1.807) is 0 Å². The molecule has 0 atom stereocenters. The smallest absolute Gasteiger partial charge is 0.0945 e. The van der Waals surface area contributed by atoms with Gasteiger partial charge < -0.3 is 4.57 Å². The van der Waals surface area contributed by atoms with Crippen LogP contribution in [0.4, 0.5) is 0 Å². The minimum atomic E-state index is 1.04. The van der Waals surface area contributed by atoms with Crippen LogP contribution >= 0.6 is 22.6 Å². The third kappa shape index (κ3) is 1.02. The van der Waals surface area contributed by atoms with E-state index in [1.807, 2.05) is 24.1 Å². The van der Waals surface area contributed by atoms with Crippen molar-refractivity contribution in [3.8, 4) is 0 Å². The van der Waals surface area contributed by atoms with Gasteiger partial charge in [-0.25, -0.2) is 4.98 Å². The second-order valence-corrected chi connectivity index (χ2v) is 2.39. The van der Waals surface area contributed by atoms with Gasteiger partial charge in [0.15, 0.2) is 0 Å². The normalized spacial score (nSPS) is 9.75. The average Bonchev–Trinajstić information content (AvgIpc) is 2.14. The van der Waals surface area contributed by atoms with Crippen LogP contribution in [-0.2, 0) is 11.5 Å². The molecule has 3 heteroatoms. The van der Waals surface area contributed by atoms with Gasteiger partial charge in [0.2, 0.25) is 0 Å². The Hall–Kier alpha value is -0.0600. The maximum atomic E-state index is 3.95. The highest BCUT2D eigenvalue weighted by atomic mass is 127. The van der Waals surface area contributed by atoms with E-state index >= 15 is 0 Å². The molecule has 0 bridgehead atoms. The van der Waals surface area contributed by atoms with Crippen LogP contribution in [0.2, 0.25) is 0 Å². The molecule has 0 spiro atoms. The van der Waals surface area contributed by atoms with Gasteiger partial charge in [0.1, 0.15) is 0 Å². The highest BCUT2D eigenvalue weighted by molar-refractivity contribution is 14.1. The van der Waals surface area contributed by atoms with Gasteiger partial charge in [-0.1, -0.05) is 22.6 Å². The number of aromatic nitrogens is 2. The van der Waals surface area contributed by atoms with Crippen LogP contribution in [0.15, 0.2) is 12.5 Å². The second-order valence-electron chi connectivity index (χ2n) is 1.63. The fraction of sp³-hybridized carbons (Fsp3) is 0.400. The van der Waals surface area contributed by atoms with Crippen molar-refractivity contribution in [2.75, 3.05) is 0 Å². The fourth-order valence-corrected chi connectivity index (χ4v) is 1.25. The molecule has 0 radical (unpaired) electrons. The summed E-state index contributed by atoms with van der Waals surface area (Å²) in [5.74, 6) is 0. The summed E-state index contributed by atoms with van der Waals surface area (Å²) in [7, 11) is 2.00. The Kier molecular flexibility index (Phi) is 1.88. The molecule has 0 N–H and O–H groups in total. The molecule has 0 aliphatic rings. The lowest BCUT2D eigenvalue weighted by Crippen LogP contribution is -1.88. The first-order chi connectivity index (χ1) is 3.84. The molecule has 2 nitrogen and oxygen atoms in total. The number of hydrogen-bond donors (Lipinski definition) is 0. The van der Waals surface area contributed by atoms with Crippen molar-refractivity contribution in [1.82, 2.24) is 9.55 Å². The van der Waals surface area contributed by atoms with E-state index in [4.69, 9.17) is 0 Å². The Morgan fingerprint density at radius 3 is 2.88 bits per heavy atom. The van der Waals surface area contributed by atoms with Gasteiger partial charge in [-0.15, -0.1) is 0 Å². The van der Waals surface area contributed by atoms with Crippen molar-refractivity contribution in [2.45, 2.75) is 4.43 Å². The Balaban J connectivity index is 2.92. The third-order valence-corrected chi connectivity index (χ3v) is 1.83. The first-order valence-corrected chi connectivity index (χ1v) is 3.88. The summed E-state index contributed by atoms with van der Waals surface area (Å²) >= 11 is 2.31. The molecular weight excluding hydrogens is 215 g/mol. The Morgan fingerprint density at radius 2 is 2.62 bits per heavy atom. The SMILES string of the molecule is Cn1cncc1CI. The summed E-state index contributed by atoms with van der Waals surface area (Å²) < 4.78 is 3.06. The molecule has 0 saturated carbocycles. The van der Waals surface area contributed by atoms with Crippen molar-refractivity contribution in [1.29, 1.82) is 0 Å². The van der Waals surface area contributed by atoms with E-state index in [9.17, 15) is 0 Å². The average molecular weight is 222 g/mol. The molecule has 0 saturated heterocycles. The summed E-state index contributed by atoms with van der Waals surface area (Å²) in [6, 6.07) is 0. The van der Waals surface area contributed by atoms with Gasteiger partial charge in [0, 0.05) is 23.4 Å². The van der Waals surface area contributed by atoms with Crippen LogP contribution < -0.4 is 0 Å². The number of rotatable bonds is 1. The monoisotopic (exact) mass is 222 g/mol. The summed E-state index contributed by atoms with van der Waals surface area (Å²) in [4.78, 5) is 3.95. The van der Waals surface area contributed by atoms with Crippen LogP contribution in [0, 0.1) is 0 Å². The molecule has 1 rings (SSSR count). The van der Waals surface area contributed by atoms with Crippen LogP contribution in [-0.4, -0.2) is 9.55 Å². The van der Waals surface area contributed by atoms with Gasteiger partial charge >= 0.3 is 0 Å². The lowest BCUT2D eigenvalue weighted by atomic mass is 10.5. The minimum Gasteiger partial charge on any atom is -0.337 e. The third-order valence-electron chi connectivity index (χ3n) is 1.05. The zero-order valence-electron chi connectivity index (χ0n) is 4.63. The predicted octanol–water partition coefficient (Wildman–Crippen LogP) is 1.36. The van der Waals surface area contributed by atoms with E-state index in [0.717, 1.165) is 4.43 Å². The van der Waals surface area contributed by atoms with Crippen molar-refractivity contribution in [2.24, 2.45) is 7.05 Å². The molecule has 1 heterocycles. The molecule has 0 unspecified atom stereocenters. The molecule has 44 valence electrons. The molecule has 0 fully saturated rings. The van der Waals surface area contributed by atoms with Gasteiger partial charge in [-0.05, 0) is 0 Å². The highest BCUT2D eigenvalue weighted by Gasteiger charge is 1.91. The van der Waals surface area contributed by atoms with E-state index in [0.29, 0.717) is 0 Å². The van der Waals surface area contributed by atoms with Crippen LogP contribution in [0.3, 0.4) is 0 Å². The van der Waals surface area contributed by atoms with E-state index in [-0.39, 0.29) is 0 Å². The summed E-state index contributed by atoms with van der Waals surface area (Å²) in [5, 5.41) is 0. The first kappa shape index (κ1) is 6.07. The molecule has 1 aromatic heterocycles. The number of halogens is 1.